The molecule has 1 rings (SSSR count). The zero-order chi connectivity index (χ0) is 11.3. The number of nitrogens with zero attached hydrogens (tertiary/aromatic N) is 1. The zero-order valence-electron chi connectivity index (χ0n) is 8.65. The van der Waals surface area contributed by atoms with Crippen LogP contribution in [0.3, 0.4) is 0 Å². The van der Waals surface area contributed by atoms with Crippen molar-refractivity contribution in [3.63, 3.8) is 0 Å². The Morgan fingerprint density at radius 2 is 2.00 bits per heavy atom. The fraction of sp³-hybridized carbons (Fsp3) is 0.200. The van der Waals surface area contributed by atoms with Crippen molar-refractivity contribution in [1.29, 1.82) is 0 Å². The predicted molar refractivity (Wildman–Crippen MR) is 57.9 cm³/mol. The molecule has 0 aromatic heterocycles. The molecule has 0 saturated heterocycles. The summed E-state index contributed by atoms with van der Waals surface area (Å²) in [4.78, 5) is 10.4. The first-order valence-electron chi connectivity index (χ1n) is 4.37. The summed E-state index contributed by atoms with van der Waals surface area (Å²) in [7, 11) is 1.60. The Hall–Kier alpha value is -2.04. The Kier molecular flexibility index (Phi) is 3.68. The minimum absolute atomic E-state index is 0.677. The first-order chi connectivity index (χ1) is 7.13. The molecule has 0 unspecified atom stereocenters. The van der Waals surface area contributed by atoms with Crippen molar-refractivity contribution < 1.29 is 9.53 Å². The highest BCUT2D eigenvalue weighted by molar-refractivity contribution is 5.99. The van der Waals surface area contributed by atoms with Gasteiger partial charge in [0.05, 0.1) is 12.8 Å². The van der Waals surface area contributed by atoms with E-state index in [-0.39, 0.29) is 0 Å². The molecule has 0 fully saturated rings. The van der Waals surface area contributed by atoms with E-state index >= 15 is 0 Å². The number of hydrazone groups is 1. The number of amides is 2. The lowest BCUT2D eigenvalue weighted by Gasteiger charge is -2.02. The number of nitrogens with two attached hydrogens (primary N) is 1. The maximum Gasteiger partial charge on any atom is 0.332 e. The van der Waals surface area contributed by atoms with Crippen molar-refractivity contribution in [2.75, 3.05) is 7.11 Å². The molecule has 0 aliphatic heterocycles. The predicted octanol–water partition coefficient (Wildman–Crippen LogP) is 1.09. The lowest BCUT2D eigenvalue weighted by Crippen LogP contribution is -2.25. The van der Waals surface area contributed by atoms with Crippen LogP contribution in [0.15, 0.2) is 29.4 Å². The first-order valence-corrected chi connectivity index (χ1v) is 4.37. The van der Waals surface area contributed by atoms with Gasteiger partial charge < -0.3 is 10.5 Å². The number of hydrogen-bond donors (Lipinski definition) is 2. The summed E-state index contributed by atoms with van der Waals surface area (Å²) in [5.74, 6) is 0.773. The van der Waals surface area contributed by atoms with E-state index in [1.54, 1.807) is 14.0 Å². The van der Waals surface area contributed by atoms with Gasteiger partial charge in [0.15, 0.2) is 0 Å². The Morgan fingerprint density at radius 1 is 1.40 bits per heavy atom. The second-order valence-corrected chi connectivity index (χ2v) is 2.90. The average molecular weight is 207 g/mol. The molecule has 0 heterocycles. The summed E-state index contributed by atoms with van der Waals surface area (Å²) in [6.45, 7) is 1.78. The van der Waals surface area contributed by atoms with Crippen LogP contribution in [0, 0.1) is 0 Å². The molecule has 2 amide bonds. The summed E-state index contributed by atoms with van der Waals surface area (Å²) in [6, 6.07) is 6.65. The molecule has 5 nitrogen and oxygen atoms in total. The Balaban J connectivity index is 2.77. The molecule has 0 atom stereocenters. The van der Waals surface area contributed by atoms with Crippen LogP contribution in [0.4, 0.5) is 4.79 Å². The number of urea groups is 1. The highest BCUT2D eigenvalue weighted by atomic mass is 16.5. The SMILES string of the molecule is COc1ccc(/C(C)=N\NC(N)=O)cc1. The van der Waals surface area contributed by atoms with E-state index in [1.165, 1.54) is 0 Å². The maximum atomic E-state index is 10.4. The molecular formula is C10H13N3O2. The number of ether oxygens (including phenoxy) is 1. The average Bonchev–Trinajstić information content (AvgIpc) is 2.26. The largest absolute Gasteiger partial charge is 0.497 e. The van der Waals surface area contributed by atoms with Crippen molar-refractivity contribution in [3.8, 4) is 5.75 Å². The minimum Gasteiger partial charge on any atom is -0.497 e. The second kappa shape index (κ2) is 4.99. The van der Waals surface area contributed by atoms with Gasteiger partial charge in [-0.1, -0.05) is 0 Å². The summed E-state index contributed by atoms with van der Waals surface area (Å²) < 4.78 is 5.02. The third-order valence-corrected chi connectivity index (χ3v) is 1.84. The van der Waals surface area contributed by atoms with Crippen LogP contribution in [-0.2, 0) is 0 Å². The van der Waals surface area contributed by atoms with Crippen LogP contribution in [-0.4, -0.2) is 18.9 Å². The van der Waals surface area contributed by atoms with E-state index < -0.39 is 6.03 Å². The van der Waals surface area contributed by atoms with Gasteiger partial charge in [0.25, 0.3) is 0 Å². The van der Waals surface area contributed by atoms with E-state index in [1.807, 2.05) is 24.3 Å². The van der Waals surface area contributed by atoms with Gasteiger partial charge in [-0.25, -0.2) is 10.2 Å². The maximum absolute atomic E-state index is 10.4. The second-order valence-electron chi connectivity index (χ2n) is 2.90. The highest BCUT2D eigenvalue weighted by Crippen LogP contribution is 2.11. The molecule has 0 bridgehead atoms. The highest BCUT2D eigenvalue weighted by Gasteiger charge is 1.98. The zero-order valence-corrected chi connectivity index (χ0v) is 8.65. The van der Waals surface area contributed by atoms with Crippen molar-refractivity contribution in [2.24, 2.45) is 10.8 Å². The number of methoxy groups -OCH3 is 1. The number of primary amides is 1. The Bertz CT molecular complexity index is 371. The molecule has 3 N–H and O–H groups in total. The summed E-state index contributed by atoms with van der Waals surface area (Å²) in [5.41, 5.74) is 8.63. The standard InChI is InChI=1S/C10H13N3O2/c1-7(12-13-10(11)14)8-3-5-9(15-2)6-4-8/h3-6H,1-2H3,(H3,11,13,14)/b12-7-. The van der Waals surface area contributed by atoms with Gasteiger partial charge in [0.1, 0.15) is 5.75 Å². The third-order valence-electron chi connectivity index (χ3n) is 1.84. The molecular weight excluding hydrogens is 194 g/mol. The lowest BCUT2D eigenvalue weighted by atomic mass is 10.1. The molecule has 80 valence electrons. The molecule has 0 aliphatic rings. The van der Waals surface area contributed by atoms with Gasteiger partial charge in [-0.05, 0) is 36.8 Å². The van der Waals surface area contributed by atoms with Crippen LogP contribution in [0.2, 0.25) is 0 Å². The van der Waals surface area contributed by atoms with Crippen LogP contribution in [0.1, 0.15) is 12.5 Å². The van der Waals surface area contributed by atoms with Crippen LogP contribution < -0.4 is 15.9 Å². The van der Waals surface area contributed by atoms with Gasteiger partial charge in [-0.15, -0.1) is 0 Å². The van der Waals surface area contributed by atoms with Crippen LogP contribution in [0.5, 0.6) is 5.75 Å². The van der Waals surface area contributed by atoms with Crippen molar-refractivity contribution in [1.82, 2.24) is 5.43 Å². The number of nitrogens with one attached hydrogen (secondary N) is 1. The molecule has 0 aliphatic carbocycles. The smallest absolute Gasteiger partial charge is 0.332 e. The van der Waals surface area contributed by atoms with Crippen LogP contribution in [0.25, 0.3) is 0 Å². The quantitative estimate of drug-likeness (QED) is 0.575. The number of hydrogen-bond acceptors (Lipinski definition) is 3. The van der Waals surface area contributed by atoms with E-state index in [2.05, 4.69) is 10.5 Å². The molecule has 15 heavy (non-hydrogen) atoms. The van der Waals surface area contributed by atoms with Gasteiger partial charge in [-0.2, -0.15) is 5.10 Å². The summed E-state index contributed by atoms with van der Waals surface area (Å²) >= 11 is 0. The molecule has 0 spiro atoms. The fourth-order valence-corrected chi connectivity index (χ4v) is 1.04. The van der Waals surface area contributed by atoms with E-state index in [4.69, 9.17) is 10.5 Å². The van der Waals surface area contributed by atoms with Crippen molar-refractivity contribution >= 4 is 11.7 Å². The fourth-order valence-electron chi connectivity index (χ4n) is 1.04. The van der Waals surface area contributed by atoms with Gasteiger partial charge in [0, 0.05) is 0 Å². The number of rotatable bonds is 3. The van der Waals surface area contributed by atoms with Crippen molar-refractivity contribution in [2.45, 2.75) is 6.92 Å². The normalized spacial score (nSPS) is 10.9. The first kappa shape index (κ1) is 11.0. The van der Waals surface area contributed by atoms with Gasteiger partial charge >= 0.3 is 6.03 Å². The number of benzene rings is 1. The molecule has 0 saturated carbocycles. The van der Waals surface area contributed by atoms with E-state index in [0.29, 0.717) is 5.71 Å². The molecule has 1 aromatic rings. The summed E-state index contributed by atoms with van der Waals surface area (Å²) in [6.07, 6.45) is 0. The van der Waals surface area contributed by atoms with E-state index in [0.717, 1.165) is 11.3 Å². The summed E-state index contributed by atoms with van der Waals surface area (Å²) in [5, 5.41) is 3.80. The van der Waals surface area contributed by atoms with Crippen molar-refractivity contribution in [3.05, 3.63) is 29.8 Å². The van der Waals surface area contributed by atoms with Gasteiger partial charge in [0.2, 0.25) is 0 Å². The Labute approximate surface area is 87.9 Å². The topological polar surface area (TPSA) is 76.7 Å². The monoisotopic (exact) mass is 207 g/mol. The molecule has 1 aromatic carbocycles. The molecule has 5 heteroatoms. The van der Waals surface area contributed by atoms with E-state index in [9.17, 15) is 4.79 Å². The Morgan fingerprint density at radius 3 is 2.47 bits per heavy atom. The third kappa shape index (κ3) is 3.30. The van der Waals surface area contributed by atoms with Gasteiger partial charge in [-0.3, -0.25) is 0 Å². The molecule has 0 radical (unpaired) electrons. The number of carbonyl (C=O) groups is 1. The lowest BCUT2D eigenvalue weighted by molar-refractivity contribution is 0.249. The minimum atomic E-state index is -0.678. The van der Waals surface area contributed by atoms with Crippen LogP contribution >= 0.6 is 0 Å². The number of carbonyl (C=O) groups excluding carboxylic acids is 1.